The van der Waals surface area contributed by atoms with Crippen molar-refractivity contribution in [3.05, 3.63) is 56.9 Å². The minimum Gasteiger partial charge on any atom is -0.377 e. The number of thiophene rings is 1. The predicted octanol–water partition coefficient (Wildman–Crippen LogP) is 5.47. The molecule has 0 amide bonds. The Morgan fingerprint density at radius 3 is 2.77 bits per heavy atom. The number of nitriles is 1. The van der Waals surface area contributed by atoms with Crippen molar-refractivity contribution in [3.8, 4) is 6.07 Å². The summed E-state index contributed by atoms with van der Waals surface area (Å²) >= 11 is 1.62. The lowest BCUT2D eigenvalue weighted by atomic mass is 9.90. The average Bonchev–Trinajstić information content (AvgIpc) is 3.51. The van der Waals surface area contributed by atoms with Crippen LogP contribution < -0.4 is 0 Å². The maximum Gasteiger partial charge on any atom is 0.172 e. The van der Waals surface area contributed by atoms with E-state index in [2.05, 4.69) is 59.4 Å². The third-order valence-corrected chi connectivity index (χ3v) is 8.22. The van der Waals surface area contributed by atoms with E-state index in [1.54, 1.807) is 11.3 Å². The van der Waals surface area contributed by atoms with Crippen LogP contribution >= 0.6 is 11.3 Å². The molecule has 184 valence electrons. The minimum atomic E-state index is 0.684. The van der Waals surface area contributed by atoms with Crippen LogP contribution in [0, 0.1) is 17.2 Å². The summed E-state index contributed by atoms with van der Waals surface area (Å²) in [6.45, 7) is 5.51. The molecular weight excluding hydrogens is 456 g/mol. The van der Waals surface area contributed by atoms with Crippen molar-refractivity contribution in [3.63, 3.8) is 0 Å². The molecule has 3 aromatic rings. The fourth-order valence-electron chi connectivity index (χ4n) is 5.35. The van der Waals surface area contributed by atoms with Crippen LogP contribution in [-0.4, -0.2) is 55.4 Å². The van der Waals surface area contributed by atoms with E-state index in [-0.39, 0.29) is 0 Å². The molecular formula is C28H34N4O2S. The lowest BCUT2D eigenvalue weighted by Crippen LogP contribution is -2.33. The summed E-state index contributed by atoms with van der Waals surface area (Å²) in [6.07, 6.45) is 7.70. The van der Waals surface area contributed by atoms with Crippen molar-refractivity contribution in [2.45, 2.75) is 45.2 Å². The number of aryl methyl sites for hydroxylation is 1. The lowest BCUT2D eigenvalue weighted by Gasteiger charge is -2.31. The number of aromatic nitrogens is 1. The molecule has 2 aliphatic heterocycles. The number of ether oxygens (including phenoxy) is 1. The number of rotatable bonds is 8. The van der Waals surface area contributed by atoms with Crippen molar-refractivity contribution in [1.29, 1.82) is 5.26 Å². The highest BCUT2D eigenvalue weighted by Crippen LogP contribution is 2.34. The van der Waals surface area contributed by atoms with Gasteiger partial charge < -0.3 is 14.2 Å². The van der Waals surface area contributed by atoms with Crippen LogP contribution in [0.5, 0.6) is 0 Å². The van der Waals surface area contributed by atoms with Gasteiger partial charge in [0.15, 0.2) is 5.58 Å². The van der Waals surface area contributed by atoms with Crippen molar-refractivity contribution in [2.75, 3.05) is 40.4 Å². The monoisotopic (exact) mass is 490 g/mol. The van der Waals surface area contributed by atoms with E-state index in [9.17, 15) is 0 Å². The molecule has 4 heterocycles. The normalized spacial score (nSPS) is 17.7. The number of hydrogen-bond donors (Lipinski definition) is 0. The number of hydrogen-bond acceptors (Lipinski definition) is 7. The van der Waals surface area contributed by atoms with Gasteiger partial charge in [-0.3, -0.25) is 4.90 Å². The lowest BCUT2D eigenvalue weighted by molar-refractivity contribution is 0.161. The number of likely N-dealkylation sites (tertiary alicyclic amines) is 1. The van der Waals surface area contributed by atoms with E-state index in [0.29, 0.717) is 6.61 Å². The molecule has 0 saturated carbocycles. The zero-order chi connectivity index (χ0) is 24.2. The van der Waals surface area contributed by atoms with E-state index in [4.69, 9.17) is 14.5 Å². The highest BCUT2D eigenvalue weighted by atomic mass is 32.1. The zero-order valence-corrected chi connectivity index (χ0v) is 21.6. The topological polar surface area (TPSA) is 65.5 Å². The number of fused-ring (bicyclic) bond motifs is 1. The van der Waals surface area contributed by atoms with Gasteiger partial charge in [0.05, 0.1) is 18.9 Å². The van der Waals surface area contributed by atoms with Crippen molar-refractivity contribution < 1.29 is 9.26 Å². The van der Waals surface area contributed by atoms with E-state index in [1.807, 2.05) is 6.07 Å². The van der Waals surface area contributed by atoms with Gasteiger partial charge in [0.25, 0.3) is 0 Å². The van der Waals surface area contributed by atoms with Crippen molar-refractivity contribution >= 4 is 27.9 Å². The smallest absolute Gasteiger partial charge is 0.172 e. The predicted molar refractivity (Wildman–Crippen MR) is 140 cm³/mol. The quantitative estimate of drug-likeness (QED) is 0.417. The zero-order valence-electron chi connectivity index (χ0n) is 20.8. The molecule has 0 unspecified atom stereocenters. The highest BCUT2D eigenvalue weighted by Gasteiger charge is 2.22. The maximum atomic E-state index is 9.05. The largest absolute Gasteiger partial charge is 0.377 e. The molecule has 0 aliphatic carbocycles. The van der Waals surface area contributed by atoms with Crippen LogP contribution in [0.3, 0.4) is 0 Å². The van der Waals surface area contributed by atoms with Gasteiger partial charge in [-0.2, -0.15) is 5.26 Å². The number of piperidine rings is 1. The molecule has 0 radical (unpaired) electrons. The van der Waals surface area contributed by atoms with E-state index in [0.717, 1.165) is 74.1 Å². The fraction of sp³-hybridized carbons (Fsp3) is 0.500. The Kier molecular flexibility index (Phi) is 7.64. The van der Waals surface area contributed by atoms with Gasteiger partial charge >= 0.3 is 0 Å². The van der Waals surface area contributed by atoms with Gasteiger partial charge in [0.2, 0.25) is 0 Å². The first kappa shape index (κ1) is 24.2. The molecule has 1 aromatic carbocycles. The van der Waals surface area contributed by atoms with Gasteiger partial charge in [0, 0.05) is 28.9 Å². The summed E-state index contributed by atoms with van der Waals surface area (Å²) in [5, 5.41) is 14.8. The molecule has 0 spiro atoms. The molecule has 2 aliphatic rings. The van der Waals surface area contributed by atoms with Gasteiger partial charge in [-0.1, -0.05) is 17.3 Å². The maximum absolute atomic E-state index is 9.05. The van der Waals surface area contributed by atoms with Crippen LogP contribution in [0.4, 0.5) is 0 Å². The second-order valence-electron chi connectivity index (χ2n) is 10.0. The molecule has 0 atom stereocenters. The second kappa shape index (κ2) is 11.0. The SMILES string of the molecule is CN(C)Cc1c(C2=CCOCC2)ccc2c(CCC3CCN(Cc4ccc(C#N)s4)CC3)noc12. The Hall–Kier alpha value is -2.50. The summed E-state index contributed by atoms with van der Waals surface area (Å²) in [5.41, 5.74) is 5.91. The van der Waals surface area contributed by atoms with E-state index >= 15 is 0 Å². The van der Waals surface area contributed by atoms with Crippen LogP contribution in [-0.2, 0) is 24.2 Å². The highest BCUT2D eigenvalue weighted by molar-refractivity contribution is 7.12. The molecule has 7 heteroatoms. The van der Waals surface area contributed by atoms with Gasteiger partial charge in [-0.05, 0) is 94.5 Å². The Balaban J connectivity index is 1.23. The summed E-state index contributed by atoms with van der Waals surface area (Å²) in [4.78, 5) is 6.82. The van der Waals surface area contributed by atoms with Gasteiger partial charge in [0.1, 0.15) is 10.9 Å². The first-order chi connectivity index (χ1) is 17.1. The van der Waals surface area contributed by atoms with Crippen LogP contribution in [0.1, 0.15) is 52.3 Å². The molecule has 6 nitrogen and oxygen atoms in total. The van der Waals surface area contributed by atoms with Gasteiger partial charge in [-0.15, -0.1) is 11.3 Å². The molecule has 0 N–H and O–H groups in total. The first-order valence-corrected chi connectivity index (χ1v) is 13.5. The van der Waals surface area contributed by atoms with Gasteiger partial charge in [-0.25, -0.2) is 0 Å². The van der Waals surface area contributed by atoms with E-state index in [1.165, 1.54) is 39.8 Å². The molecule has 0 bridgehead atoms. The number of benzene rings is 1. The minimum absolute atomic E-state index is 0.684. The standard InChI is InChI=1S/C28H34N4O2S/c1-31(2)19-26-24(21-11-15-33-16-12-21)6-7-25-27(30-34-28(25)26)8-3-20-9-13-32(14-10-20)18-23-5-4-22(17-29)35-23/h4-7,11,20H,3,8-10,12-16,18-19H2,1-2H3. The summed E-state index contributed by atoms with van der Waals surface area (Å²) in [7, 11) is 4.21. The van der Waals surface area contributed by atoms with Crippen molar-refractivity contribution in [2.24, 2.45) is 5.92 Å². The Morgan fingerprint density at radius 1 is 1.20 bits per heavy atom. The Morgan fingerprint density at radius 2 is 2.06 bits per heavy atom. The fourth-order valence-corrected chi connectivity index (χ4v) is 6.20. The molecule has 2 aromatic heterocycles. The third kappa shape index (κ3) is 5.68. The van der Waals surface area contributed by atoms with Crippen LogP contribution in [0.25, 0.3) is 16.5 Å². The number of nitrogens with zero attached hydrogens (tertiary/aromatic N) is 4. The Labute approximate surface area is 211 Å². The second-order valence-corrected chi connectivity index (χ2v) is 11.2. The molecule has 1 fully saturated rings. The third-order valence-electron chi connectivity index (χ3n) is 7.25. The van der Waals surface area contributed by atoms with Crippen LogP contribution in [0.15, 0.2) is 34.9 Å². The Bertz CT molecular complexity index is 1230. The summed E-state index contributed by atoms with van der Waals surface area (Å²) in [6, 6.07) is 10.7. The summed E-state index contributed by atoms with van der Waals surface area (Å²) in [5.74, 6) is 0.726. The molecule has 35 heavy (non-hydrogen) atoms. The van der Waals surface area contributed by atoms with Crippen molar-refractivity contribution in [1.82, 2.24) is 15.0 Å². The van der Waals surface area contributed by atoms with Crippen LogP contribution in [0.2, 0.25) is 0 Å². The molecule has 1 saturated heterocycles. The summed E-state index contributed by atoms with van der Waals surface area (Å²) < 4.78 is 11.5. The average molecular weight is 491 g/mol. The molecule has 5 rings (SSSR count). The first-order valence-electron chi connectivity index (χ1n) is 12.6. The van der Waals surface area contributed by atoms with E-state index < -0.39 is 0 Å².